The lowest BCUT2D eigenvalue weighted by Crippen LogP contribution is -1.93. The van der Waals surface area contributed by atoms with Crippen molar-refractivity contribution < 1.29 is 13.6 Å². The lowest BCUT2D eigenvalue weighted by atomic mass is 10.2. The minimum Gasteiger partial charge on any atom is -0.157 e. The second-order valence-corrected chi connectivity index (χ2v) is 11.0. The second kappa shape index (κ2) is 19.6. The van der Waals surface area contributed by atoms with Crippen molar-refractivity contribution in [3.8, 4) is 0 Å². The fourth-order valence-corrected chi connectivity index (χ4v) is 5.76. The number of thioether (sulfide) groups is 2. The summed E-state index contributed by atoms with van der Waals surface area (Å²) in [6.07, 6.45) is 9.01. The fraction of sp³-hybridized carbons (Fsp3) is 0.538. The van der Waals surface area contributed by atoms with Gasteiger partial charge in [0.25, 0.3) is 0 Å². The van der Waals surface area contributed by atoms with Crippen LogP contribution in [0.3, 0.4) is 0 Å². The molecule has 176 valence electrons. The Morgan fingerprint density at radius 1 is 0.562 bits per heavy atom. The average molecular weight is 494 g/mol. The van der Waals surface area contributed by atoms with Crippen LogP contribution in [0.15, 0.2) is 60.7 Å². The highest BCUT2D eigenvalue weighted by molar-refractivity contribution is 7.98. The maximum atomic E-state index is 11.8. The van der Waals surface area contributed by atoms with Gasteiger partial charge in [-0.2, -0.15) is 23.5 Å². The molecular formula is C26H38O3PS2+. The Hall–Kier alpha value is -0.840. The highest BCUT2D eigenvalue weighted by Crippen LogP contribution is 2.25. The van der Waals surface area contributed by atoms with E-state index >= 15 is 0 Å². The molecule has 6 heteroatoms. The Morgan fingerprint density at radius 2 is 0.969 bits per heavy atom. The van der Waals surface area contributed by atoms with Crippen LogP contribution in [0.5, 0.6) is 0 Å². The van der Waals surface area contributed by atoms with Gasteiger partial charge >= 0.3 is 8.25 Å². The first-order valence-electron chi connectivity index (χ1n) is 11.8. The molecule has 0 amide bonds. The molecule has 0 aliphatic rings. The largest absolute Gasteiger partial charge is 0.697 e. The van der Waals surface area contributed by atoms with Crippen LogP contribution in [-0.4, -0.2) is 24.7 Å². The third kappa shape index (κ3) is 15.1. The van der Waals surface area contributed by atoms with Gasteiger partial charge in [-0.3, -0.25) is 0 Å². The molecule has 0 aliphatic heterocycles. The summed E-state index contributed by atoms with van der Waals surface area (Å²) in [6, 6.07) is 21.2. The molecule has 0 N–H and O–H groups in total. The first-order valence-corrected chi connectivity index (χ1v) is 15.2. The van der Waals surface area contributed by atoms with Crippen molar-refractivity contribution in [3.05, 3.63) is 71.8 Å². The van der Waals surface area contributed by atoms with E-state index in [1.54, 1.807) is 0 Å². The van der Waals surface area contributed by atoms with Crippen molar-refractivity contribution in [2.75, 3.05) is 24.7 Å². The molecule has 0 aromatic heterocycles. The van der Waals surface area contributed by atoms with Crippen LogP contribution >= 0.6 is 31.8 Å². The predicted molar refractivity (Wildman–Crippen MR) is 142 cm³/mol. The molecule has 0 heterocycles. The van der Waals surface area contributed by atoms with Crippen molar-refractivity contribution in [2.45, 2.75) is 62.9 Å². The Kier molecular flexibility index (Phi) is 16.8. The maximum Gasteiger partial charge on any atom is 0.697 e. The van der Waals surface area contributed by atoms with Crippen LogP contribution in [0, 0.1) is 0 Å². The normalized spacial score (nSPS) is 11.0. The van der Waals surface area contributed by atoms with E-state index in [9.17, 15) is 4.57 Å². The van der Waals surface area contributed by atoms with E-state index in [2.05, 4.69) is 60.7 Å². The lowest BCUT2D eigenvalue weighted by Gasteiger charge is -2.02. The van der Waals surface area contributed by atoms with E-state index in [1.807, 2.05) is 23.5 Å². The van der Waals surface area contributed by atoms with Gasteiger partial charge in [0.05, 0.1) is 0 Å². The van der Waals surface area contributed by atoms with Crippen LogP contribution in [0.25, 0.3) is 0 Å². The smallest absolute Gasteiger partial charge is 0.157 e. The lowest BCUT2D eigenvalue weighted by molar-refractivity contribution is 0.218. The zero-order valence-corrected chi connectivity index (χ0v) is 21.7. The zero-order chi connectivity index (χ0) is 22.5. The molecule has 0 bridgehead atoms. The standard InChI is InChI=1S/C26H38O3PS2/c27-30(28-19-11-1-3-13-21-31-23-25-15-7-5-8-16-25)29-20-12-2-4-14-22-32-24-26-17-9-6-10-18-26/h5-10,15-18H,1-4,11-14,19-24H2/q+1. The molecule has 0 saturated heterocycles. The molecule has 0 aliphatic carbocycles. The van der Waals surface area contributed by atoms with E-state index in [4.69, 9.17) is 9.05 Å². The van der Waals surface area contributed by atoms with Crippen molar-refractivity contribution in [1.29, 1.82) is 0 Å². The molecule has 0 radical (unpaired) electrons. The van der Waals surface area contributed by atoms with E-state index in [-0.39, 0.29) is 0 Å². The van der Waals surface area contributed by atoms with E-state index in [0.717, 1.165) is 37.2 Å². The van der Waals surface area contributed by atoms with Crippen molar-refractivity contribution in [2.24, 2.45) is 0 Å². The summed E-state index contributed by atoms with van der Waals surface area (Å²) >= 11 is 3.99. The summed E-state index contributed by atoms with van der Waals surface area (Å²) in [6.45, 7) is 1.07. The number of hydrogen-bond acceptors (Lipinski definition) is 5. The first-order chi connectivity index (χ1) is 15.8. The Labute approximate surface area is 204 Å². The molecule has 0 saturated carbocycles. The van der Waals surface area contributed by atoms with Crippen molar-refractivity contribution >= 4 is 31.8 Å². The van der Waals surface area contributed by atoms with Crippen molar-refractivity contribution in [3.63, 3.8) is 0 Å². The number of rotatable bonds is 20. The highest BCUT2D eigenvalue weighted by Gasteiger charge is 2.18. The number of unbranched alkanes of at least 4 members (excludes halogenated alkanes) is 6. The third-order valence-corrected chi connectivity index (χ3v) is 8.00. The fourth-order valence-electron chi connectivity index (χ4n) is 3.16. The molecule has 2 rings (SSSR count). The summed E-state index contributed by atoms with van der Waals surface area (Å²) in [7, 11) is -1.95. The second-order valence-electron chi connectivity index (χ2n) is 7.79. The minimum absolute atomic E-state index is 0.533. The van der Waals surface area contributed by atoms with Gasteiger partial charge in [-0.15, -0.1) is 9.05 Å². The van der Waals surface area contributed by atoms with Gasteiger partial charge in [-0.25, -0.2) is 0 Å². The first kappa shape index (κ1) is 27.4. The highest BCUT2D eigenvalue weighted by atomic mass is 32.2. The van der Waals surface area contributed by atoms with E-state index in [0.29, 0.717) is 13.2 Å². The molecule has 0 atom stereocenters. The van der Waals surface area contributed by atoms with Gasteiger partial charge in [0, 0.05) is 16.1 Å². The Balaban J connectivity index is 1.27. The van der Waals surface area contributed by atoms with Crippen LogP contribution < -0.4 is 0 Å². The van der Waals surface area contributed by atoms with Gasteiger partial charge in [-0.05, 0) is 48.3 Å². The number of benzene rings is 2. The summed E-state index contributed by atoms with van der Waals surface area (Å²) in [5, 5.41) is 0. The predicted octanol–water partition coefficient (Wildman–Crippen LogP) is 8.66. The van der Waals surface area contributed by atoms with Crippen LogP contribution in [0.1, 0.15) is 62.5 Å². The summed E-state index contributed by atoms with van der Waals surface area (Å²) < 4.78 is 22.4. The molecule has 3 nitrogen and oxygen atoms in total. The summed E-state index contributed by atoms with van der Waals surface area (Å²) in [5.41, 5.74) is 2.79. The molecule has 0 fully saturated rings. The summed E-state index contributed by atoms with van der Waals surface area (Å²) in [5.74, 6) is 4.57. The van der Waals surface area contributed by atoms with Crippen LogP contribution in [-0.2, 0) is 25.1 Å². The van der Waals surface area contributed by atoms with Gasteiger partial charge in [0.1, 0.15) is 13.2 Å². The van der Waals surface area contributed by atoms with Gasteiger partial charge < -0.3 is 0 Å². The zero-order valence-electron chi connectivity index (χ0n) is 19.2. The Morgan fingerprint density at radius 3 is 1.41 bits per heavy atom. The molecule has 0 spiro atoms. The summed E-state index contributed by atoms with van der Waals surface area (Å²) in [4.78, 5) is 0. The van der Waals surface area contributed by atoms with Gasteiger partial charge in [0.15, 0.2) is 0 Å². The minimum atomic E-state index is -1.95. The average Bonchev–Trinajstić information content (AvgIpc) is 2.83. The van der Waals surface area contributed by atoms with Crippen molar-refractivity contribution in [1.82, 2.24) is 0 Å². The third-order valence-electron chi connectivity index (χ3n) is 4.98. The van der Waals surface area contributed by atoms with E-state index in [1.165, 1.54) is 48.3 Å². The van der Waals surface area contributed by atoms with Crippen LogP contribution in [0.2, 0.25) is 0 Å². The molecule has 32 heavy (non-hydrogen) atoms. The SMILES string of the molecule is O=[P+](OCCCCCCSCc1ccccc1)OCCCCCCSCc1ccccc1. The van der Waals surface area contributed by atoms with Gasteiger partial charge in [0.2, 0.25) is 0 Å². The van der Waals surface area contributed by atoms with E-state index < -0.39 is 8.25 Å². The maximum absolute atomic E-state index is 11.8. The number of hydrogen-bond donors (Lipinski definition) is 0. The molecular weight excluding hydrogens is 455 g/mol. The van der Waals surface area contributed by atoms with Gasteiger partial charge in [-0.1, -0.05) is 86.3 Å². The van der Waals surface area contributed by atoms with Crippen LogP contribution in [0.4, 0.5) is 0 Å². The molecule has 2 aromatic carbocycles. The quantitative estimate of drug-likeness (QED) is 0.136. The Bertz CT molecular complexity index is 641. The molecule has 0 unspecified atom stereocenters. The molecule has 2 aromatic rings. The monoisotopic (exact) mass is 493 g/mol. The topological polar surface area (TPSA) is 35.5 Å².